The highest BCUT2D eigenvalue weighted by atomic mass is 16.5. The Morgan fingerprint density at radius 2 is 2.43 bits per heavy atom. The van der Waals surface area contributed by atoms with Crippen LogP contribution in [0.15, 0.2) is 24.5 Å². The molecule has 1 saturated heterocycles. The molecular weight excluding hydrogens is 178 g/mol. The number of hydrogen-bond acceptors (Lipinski definition) is 4. The molecule has 0 bridgehead atoms. The Balaban J connectivity index is 2.09. The van der Waals surface area contributed by atoms with E-state index < -0.39 is 0 Å². The minimum atomic E-state index is 0.475. The van der Waals surface area contributed by atoms with Gasteiger partial charge in [-0.05, 0) is 12.1 Å². The van der Waals surface area contributed by atoms with Crippen molar-refractivity contribution in [2.24, 2.45) is 5.73 Å². The van der Waals surface area contributed by atoms with Crippen LogP contribution in [0.2, 0.25) is 0 Å². The number of nitrogens with two attached hydrogens (primary N) is 1. The maximum Gasteiger partial charge on any atom is 0.0758 e. The van der Waals surface area contributed by atoms with Gasteiger partial charge in [-0.2, -0.15) is 0 Å². The molecule has 76 valence electrons. The first kappa shape index (κ1) is 9.43. The van der Waals surface area contributed by atoms with Gasteiger partial charge in [0.15, 0.2) is 0 Å². The summed E-state index contributed by atoms with van der Waals surface area (Å²) < 4.78 is 5.18. The van der Waals surface area contributed by atoms with Crippen LogP contribution in [0.4, 0.5) is 5.69 Å². The summed E-state index contributed by atoms with van der Waals surface area (Å²) in [6.07, 6.45) is 3.65. The van der Waals surface area contributed by atoms with E-state index in [1.807, 2.05) is 12.3 Å². The summed E-state index contributed by atoms with van der Waals surface area (Å²) in [6.45, 7) is 3.12. The summed E-state index contributed by atoms with van der Waals surface area (Å²) in [5.41, 5.74) is 6.71. The van der Waals surface area contributed by atoms with Crippen LogP contribution in [0.1, 0.15) is 0 Å². The van der Waals surface area contributed by atoms with Gasteiger partial charge in [-0.15, -0.1) is 0 Å². The van der Waals surface area contributed by atoms with Gasteiger partial charge in [0.05, 0.1) is 31.1 Å². The van der Waals surface area contributed by atoms with Gasteiger partial charge in [-0.1, -0.05) is 0 Å². The first-order valence-corrected chi connectivity index (χ1v) is 4.86. The van der Waals surface area contributed by atoms with Crippen LogP contribution >= 0.6 is 0 Å². The Labute approximate surface area is 83.7 Å². The molecular formula is C10H15N3O. The normalized spacial score (nSPS) is 16.4. The van der Waals surface area contributed by atoms with Gasteiger partial charge in [0.2, 0.25) is 0 Å². The second kappa shape index (κ2) is 4.39. The summed E-state index contributed by atoms with van der Waals surface area (Å²) in [5, 5.41) is 0. The lowest BCUT2D eigenvalue weighted by Crippen LogP contribution is -2.50. The molecule has 1 aliphatic heterocycles. The highest BCUT2D eigenvalue weighted by molar-refractivity contribution is 5.45. The van der Waals surface area contributed by atoms with Crippen molar-refractivity contribution in [2.45, 2.75) is 6.04 Å². The lowest BCUT2D eigenvalue weighted by atomic mass is 10.2. The van der Waals surface area contributed by atoms with E-state index in [9.17, 15) is 0 Å². The van der Waals surface area contributed by atoms with Crippen LogP contribution < -0.4 is 10.6 Å². The smallest absolute Gasteiger partial charge is 0.0758 e. The number of ether oxygens (including phenoxy) is 1. The number of nitrogens with zero attached hydrogens (tertiary/aromatic N) is 2. The Morgan fingerprint density at radius 1 is 1.57 bits per heavy atom. The average Bonchev–Trinajstić information content (AvgIpc) is 2.16. The van der Waals surface area contributed by atoms with E-state index in [-0.39, 0.29) is 0 Å². The van der Waals surface area contributed by atoms with E-state index in [0.29, 0.717) is 12.6 Å². The van der Waals surface area contributed by atoms with Crippen molar-refractivity contribution >= 4 is 5.69 Å². The molecule has 2 rings (SSSR count). The summed E-state index contributed by atoms with van der Waals surface area (Å²) in [4.78, 5) is 6.37. The van der Waals surface area contributed by atoms with Gasteiger partial charge in [-0.25, -0.2) is 0 Å². The molecule has 2 N–H and O–H groups in total. The lowest BCUT2D eigenvalue weighted by molar-refractivity contribution is 0.00829. The van der Waals surface area contributed by atoms with Gasteiger partial charge in [0.1, 0.15) is 0 Å². The van der Waals surface area contributed by atoms with E-state index in [1.165, 1.54) is 0 Å². The molecule has 0 aromatic carbocycles. The van der Waals surface area contributed by atoms with Crippen molar-refractivity contribution in [3.05, 3.63) is 24.5 Å². The van der Waals surface area contributed by atoms with Gasteiger partial charge in [0.25, 0.3) is 0 Å². The van der Waals surface area contributed by atoms with E-state index in [1.54, 1.807) is 6.20 Å². The molecule has 1 fully saturated rings. The number of anilines is 1. The third-order valence-electron chi connectivity index (χ3n) is 2.41. The molecule has 0 amide bonds. The van der Waals surface area contributed by atoms with Crippen LogP contribution in [0.5, 0.6) is 0 Å². The number of hydrogen-bond donors (Lipinski definition) is 1. The van der Waals surface area contributed by atoms with Crippen LogP contribution in [0.3, 0.4) is 0 Å². The zero-order valence-electron chi connectivity index (χ0n) is 8.10. The fourth-order valence-corrected chi connectivity index (χ4v) is 1.59. The molecule has 0 aliphatic carbocycles. The Bertz CT molecular complexity index is 274. The number of rotatable bonds is 4. The standard InChI is InChI=1S/C10H15N3O/c11-3-5-13(10-7-14-8-10)9-2-1-4-12-6-9/h1-2,4,6,10H,3,5,7-8,11H2. The van der Waals surface area contributed by atoms with Gasteiger partial charge < -0.3 is 15.4 Å². The minimum Gasteiger partial charge on any atom is -0.377 e. The molecule has 1 aromatic heterocycles. The maximum absolute atomic E-state index is 5.58. The fraction of sp³-hybridized carbons (Fsp3) is 0.500. The van der Waals surface area contributed by atoms with E-state index >= 15 is 0 Å². The monoisotopic (exact) mass is 193 g/mol. The minimum absolute atomic E-state index is 0.475. The maximum atomic E-state index is 5.58. The van der Waals surface area contributed by atoms with Crippen LogP contribution in [0.25, 0.3) is 0 Å². The Morgan fingerprint density at radius 3 is 2.93 bits per heavy atom. The van der Waals surface area contributed by atoms with Crippen molar-refractivity contribution in [2.75, 3.05) is 31.2 Å². The first-order valence-electron chi connectivity index (χ1n) is 4.86. The van der Waals surface area contributed by atoms with Crippen molar-refractivity contribution < 1.29 is 4.74 Å². The molecule has 0 unspecified atom stereocenters. The zero-order valence-corrected chi connectivity index (χ0v) is 8.10. The molecule has 2 heterocycles. The third-order valence-corrected chi connectivity index (χ3v) is 2.41. The Hall–Kier alpha value is -1.13. The van der Waals surface area contributed by atoms with Crippen molar-refractivity contribution in [1.82, 2.24) is 4.98 Å². The predicted octanol–water partition coefficient (Wildman–Crippen LogP) is 0.245. The van der Waals surface area contributed by atoms with Gasteiger partial charge in [-0.3, -0.25) is 4.98 Å². The summed E-state index contributed by atoms with van der Waals surface area (Å²) in [6, 6.07) is 4.47. The van der Waals surface area contributed by atoms with Crippen molar-refractivity contribution in [3.8, 4) is 0 Å². The van der Waals surface area contributed by atoms with Crippen LogP contribution in [-0.2, 0) is 4.74 Å². The number of aromatic nitrogens is 1. The molecule has 1 aromatic rings. The molecule has 14 heavy (non-hydrogen) atoms. The molecule has 1 aliphatic rings. The number of pyridine rings is 1. The Kier molecular flexibility index (Phi) is 2.96. The third kappa shape index (κ3) is 1.86. The van der Waals surface area contributed by atoms with E-state index in [4.69, 9.17) is 10.5 Å². The average molecular weight is 193 g/mol. The SMILES string of the molecule is NCCN(c1cccnc1)C1COC1. The fourth-order valence-electron chi connectivity index (χ4n) is 1.59. The van der Waals surface area contributed by atoms with Gasteiger partial charge >= 0.3 is 0 Å². The summed E-state index contributed by atoms with van der Waals surface area (Å²) in [5.74, 6) is 0. The van der Waals surface area contributed by atoms with E-state index in [0.717, 1.165) is 25.4 Å². The highest BCUT2D eigenvalue weighted by Crippen LogP contribution is 2.19. The highest BCUT2D eigenvalue weighted by Gasteiger charge is 2.25. The predicted molar refractivity (Wildman–Crippen MR) is 55.2 cm³/mol. The second-order valence-electron chi connectivity index (χ2n) is 3.38. The topological polar surface area (TPSA) is 51.4 Å². The summed E-state index contributed by atoms with van der Waals surface area (Å²) >= 11 is 0. The molecule has 4 nitrogen and oxygen atoms in total. The van der Waals surface area contributed by atoms with Crippen molar-refractivity contribution in [1.29, 1.82) is 0 Å². The van der Waals surface area contributed by atoms with Crippen molar-refractivity contribution in [3.63, 3.8) is 0 Å². The van der Waals surface area contributed by atoms with Crippen LogP contribution in [0, 0.1) is 0 Å². The summed E-state index contributed by atoms with van der Waals surface area (Å²) in [7, 11) is 0. The molecule has 4 heteroatoms. The lowest BCUT2D eigenvalue weighted by Gasteiger charge is -2.38. The van der Waals surface area contributed by atoms with E-state index in [2.05, 4.69) is 16.0 Å². The largest absolute Gasteiger partial charge is 0.377 e. The molecule has 0 radical (unpaired) electrons. The quantitative estimate of drug-likeness (QED) is 0.744. The molecule has 0 atom stereocenters. The first-order chi connectivity index (χ1) is 6.92. The zero-order chi connectivity index (χ0) is 9.80. The van der Waals surface area contributed by atoms with Crippen LogP contribution in [-0.4, -0.2) is 37.3 Å². The second-order valence-corrected chi connectivity index (χ2v) is 3.38. The molecule has 0 spiro atoms. The molecule has 0 saturated carbocycles. The van der Waals surface area contributed by atoms with Gasteiger partial charge in [0, 0.05) is 19.3 Å².